The van der Waals surface area contributed by atoms with Crippen LogP contribution < -0.4 is 0 Å². The smallest absolute Gasteiger partial charge is 0.311 e. The Bertz CT molecular complexity index is 409. The van der Waals surface area contributed by atoms with E-state index >= 15 is 0 Å². The Kier molecular flexibility index (Phi) is 9.64. The van der Waals surface area contributed by atoms with Crippen LogP contribution in [0.5, 0.6) is 0 Å². The highest BCUT2D eigenvalue weighted by Gasteiger charge is 2.37. The Morgan fingerprint density at radius 2 is 1.50 bits per heavy atom. The minimum atomic E-state index is -2.10. The minimum absolute atomic E-state index is 0.165. The van der Waals surface area contributed by atoms with Crippen molar-refractivity contribution >= 4 is 25.2 Å². The van der Waals surface area contributed by atoms with E-state index in [1.165, 1.54) is 0 Å². The van der Waals surface area contributed by atoms with Gasteiger partial charge in [0.2, 0.25) is 0 Å². The van der Waals surface area contributed by atoms with E-state index in [4.69, 9.17) is 19.4 Å². The van der Waals surface area contributed by atoms with Gasteiger partial charge in [-0.15, -0.1) is 6.42 Å². The topological polar surface area (TPSA) is 68.2 Å². The molecule has 0 amide bonds. The summed E-state index contributed by atoms with van der Waals surface area (Å²) in [4.78, 5) is 0. The number of hydrogen-bond donors (Lipinski definition) is 2. The predicted octanol–water partition coefficient (Wildman–Crippen LogP) is 2.77. The number of aliphatic hydroxyl groups is 2. The first-order valence-electron chi connectivity index (χ1n) is 8.48. The summed E-state index contributed by atoms with van der Waals surface area (Å²) in [5.74, 6) is 2.43. The predicted molar refractivity (Wildman–Crippen MR) is 106 cm³/mol. The fourth-order valence-electron chi connectivity index (χ4n) is 2.62. The van der Waals surface area contributed by atoms with E-state index in [1.54, 1.807) is 0 Å². The third-order valence-electron chi connectivity index (χ3n) is 3.43. The molecule has 142 valence electrons. The van der Waals surface area contributed by atoms with Crippen molar-refractivity contribution in [1.29, 1.82) is 0 Å². The van der Waals surface area contributed by atoms with E-state index in [-0.39, 0.29) is 19.8 Å². The highest BCUT2D eigenvalue weighted by Crippen LogP contribution is 2.24. The summed E-state index contributed by atoms with van der Waals surface area (Å²) < 4.78 is 18.3. The second-order valence-electron chi connectivity index (χ2n) is 8.37. The number of aliphatic hydroxyl groups excluding tert-OH is 2. The summed E-state index contributed by atoms with van der Waals surface area (Å²) >= 11 is 0. The van der Waals surface area contributed by atoms with Gasteiger partial charge in [0.05, 0.1) is 19.8 Å². The molecule has 0 saturated heterocycles. The first-order valence-corrected chi connectivity index (χ1v) is 17.8. The average Bonchev–Trinajstić information content (AvgIpc) is 2.39. The van der Waals surface area contributed by atoms with Crippen LogP contribution >= 0.6 is 0 Å². The molecule has 0 spiro atoms. The number of terminal acetylenes is 1. The van der Waals surface area contributed by atoms with Crippen molar-refractivity contribution in [3.63, 3.8) is 0 Å². The van der Waals surface area contributed by atoms with Gasteiger partial charge in [-0.2, -0.15) is 0 Å². The molecule has 0 radical (unpaired) electrons. The summed E-state index contributed by atoms with van der Waals surface area (Å²) in [7, 11) is -5.52. The maximum absolute atomic E-state index is 9.28. The summed E-state index contributed by atoms with van der Waals surface area (Å²) in [6, 6.07) is 0.972. The quantitative estimate of drug-likeness (QED) is 0.304. The molecule has 2 N–H and O–H groups in total. The van der Waals surface area contributed by atoms with Crippen LogP contribution in [0.3, 0.4) is 0 Å². The molecule has 0 aromatic carbocycles. The van der Waals surface area contributed by atoms with Gasteiger partial charge < -0.3 is 23.2 Å². The fourth-order valence-corrected chi connectivity index (χ4v) is 15.8. The van der Waals surface area contributed by atoms with E-state index in [0.717, 1.165) is 12.5 Å². The van der Waals surface area contributed by atoms with E-state index in [9.17, 15) is 10.2 Å². The molecule has 0 bridgehead atoms. The molecule has 0 aromatic heterocycles. The van der Waals surface area contributed by atoms with Crippen molar-refractivity contribution in [1.82, 2.24) is 0 Å². The third-order valence-corrected chi connectivity index (χ3v) is 13.6. The highest BCUT2D eigenvalue weighted by atomic mass is 28.5. The van der Waals surface area contributed by atoms with E-state index < -0.39 is 30.6 Å². The lowest BCUT2D eigenvalue weighted by Gasteiger charge is -2.37. The molecule has 24 heavy (non-hydrogen) atoms. The van der Waals surface area contributed by atoms with Gasteiger partial charge in [0.15, 0.2) is 16.6 Å². The molecule has 0 fully saturated rings. The Morgan fingerprint density at radius 3 is 1.92 bits per heavy atom. The maximum Gasteiger partial charge on any atom is 0.311 e. The second kappa shape index (κ2) is 9.64. The van der Waals surface area contributed by atoms with Crippen LogP contribution in [0.4, 0.5) is 0 Å². The van der Waals surface area contributed by atoms with Gasteiger partial charge in [0, 0.05) is 6.61 Å². The van der Waals surface area contributed by atoms with Gasteiger partial charge in [0.1, 0.15) is 5.41 Å². The molecule has 0 aromatic rings. The summed E-state index contributed by atoms with van der Waals surface area (Å²) in [5.41, 5.74) is -0.983. The summed E-state index contributed by atoms with van der Waals surface area (Å²) in [6.45, 7) is 15.4. The Balaban J connectivity index is 4.29. The molecule has 8 heteroatoms. The third kappa shape index (κ3) is 10.1. The molecule has 0 heterocycles. The van der Waals surface area contributed by atoms with Crippen molar-refractivity contribution in [2.75, 3.05) is 26.4 Å². The molecule has 0 aliphatic carbocycles. The van der Waals surface area contributed by atoms with E-state index in [1.807, 2.05) is 0 Å². The van der Waals surface area contributed by atoms with Gasteiger partial charge in [-0.3, -0.25) is 0 Å². The molecule has 0 aliphatic rings. The zero-order valence-corrected chi connectivity index (χ0v) is 19.4. The van der Waals surface area contributed by atoms with Crippen molar-refractivity contribution in [3.05, 3.63) is 0 Å². The Labute approximate surface area is 151 Å². The standard InChI is InChI=1S/C16H36O5Si3/c1-9-16(13-17,14-18)15-19-11-10-12-23(5,6)21-24(7,8)20-22(2,3)4/h1,17-18H,10-15H2,2-8H3. The molecule has 5 nitrogen and oxygen atoms in total. The van der Waals surface area contributed by atoms with Crippen LogP contribution in [0, 0.1) is 17.8 Å². The first kappa shape index (κ1) is 24.0. The maximum atomic E-state index is 9.28. The van der Waals surface area contributed by atoms with Gasteiger partial charge in [-0.25, -0.2) is 0 Å². The van der Waals surface area contributed by atoms with Gasteiger partial charge in [-0.1, -0.05) is 5.92 Å². The zero-order chi connectivity index (χ0) is 19.1. The van der Waals surface area contributed by atoms with Crippen LogP contribution in [-0.4, -0.2) is 61.8 Å². The molecular weight excluding hydrogens is 356 g/mol. The largest absolute Gasteiger partial charge is 0.437 e. The second-order valence-corrected chi connectivity index (χ2v) is 21.0. The zero-order valence-electron chi connectivity index (χ0n) is 16.4. The number of rotatable bonds is 12. The lowest BCUT2D eigenvalue weighted by atomic mass is 9.93. The lowest BCUT2D eigenvalue weighted by molar-refractivity contribution is 0.00759. The van der Waals surface area contributed by atoms with Gasteiger partial charge in [0.25, 0.3) is 0 Å². The minimum Gasteiger partial charge on any atom is -0.437 e. The normalized spacial score (nSPS) is 13.8. The van der Waals surface area contributed by atoms with E-state index in [0.29, 0.717) is 6.61 Å². The van der Waals surface area contributed by atoms with Crippen LogP contribution in [-0.2, 0) is 13.0 Å². The van der Waals surface area contributed by atoms with Crippen LogP contribution in [0.1, 0.15) is 6.42 Å². The molecule has 0 aliphatic heterocycles. The average molecular weight is 393 g/mol. The first-order chi connectivity index (χ1) is 10.8. The summed E-state index contributed by atoms with van der Waals surface area (Å²) in [5, 5.41) is 18.6. The monoisotopic (exact) mass is 392 g/mol. The van der Waals surface area contributed by atoms with Crippen molar-refractivity contribution in [2.45, 2.75) is 58.3 Å². The Morgan fingerprint density at radius 1 is 0.958 bits per heavy atom. The SMILES string of the molecule is C#CC(CO)(CO)COCCC[Si](C)(C)O[Si](C)(C)O[Si](C)(C)C. The molecule has 0 rings (SSSR count). The molecule has 0 unspecified atom stereocenters. The molecular formula is C16H36O5Si3. The molecule has 0 atom stereocenters. The van der Waals surface area contributed by atoms with Crippen LogP contribution in [0.15, 0.2) is 0 Å². The summed E-state index contributed by atoms with van der Waals surface area (Å²) in [6.07, 6.45) is 6.23. The van der Waals surface area contributed by atoms with Gasteiger partial charge >= 0.3 is 8.56 Å². The highest BCUT2D eigenvalue weighted by molar-refractivity contribution is 6.87. The van der Waals surface area contributed by atoms with Crippen molar-refractivity contribution in [2.24, 2.45) is 5.41 Å². The fraction of sp³-hybridized carbons (Fsp3) is 0.875. The van der Waals surface area contributed by atoms with Crippen LogP contribution in [0.2, 0.25) is 51.9 Å². The Hall–Kier alpha value is 0.0106. The molecule has 0 saturated carbocycles. The van der Waals surface area contributed by atoms with Crippen molar-refractivity contribution in [3.8, 4) is 12.3 Å². The van der Waals surface area contributed by atoms with Gasteiger partial charge in [-0.05, 0) is 58.3 Å². The van der Waals surface area contributed by atoms with Crippen LogP contribution in [0.25, 0.3) is 0 Å². The van der Waals surface area contributed by atoms with Crippen molar-refractivity contribution < 1.29 is 23.2 Å². The van der Waals surface area contributed by atoms with E-state index in [2.05, 4.69) is 51.7 Å². The number of hydrogen-bond acceptors (Lipinski definition) is 5. The lowest BCUT2D eigenvalue weighted by Crippen LogP contribution is -2.51. The number of ether oxygens (including phenoxy) is 1.